The number of carboxylic acids is 2. The van der Waals surface area contributed by atoms with E-state index in [9.17, 15) is 14.4 Å². The van der Waals surface area contributed by atoms with Crippen LogP contribution in [0.4, 0.5) is 5.69 Å². The Morgan fingerprint density at radius 1 is 1.24 bits per heavy atom. The highest BCUT2D eigenvalue weighted by atomic mass is 16.4. The lowest BCUT2D eigenvalue weighted by atomic mass is 10.1. The first-order valence-electron chi connectivity index (χ1n) is 5.86. The number of amides is 1. The quantitative estimate of drug-likeness (QED) is 0.547. The van der Waals surface area contributed by atoms with E-state index in [4.69, 9.17) is 10.2 Å². The summed E-state index contributed by atoms with van der Waals surface area (Å²) >= 11 is 0. The van der Waals surface area contributed by atoms with E-state index >= 15 is 0 Å². The average Bonchev–Trinajstić information content (AvgIpc) is 2.39. The first kappa shape index (κ1) is 16.2. The molecular weight excluding hydrogens is 276 g/mol. The van der Waals surface area contributed by atoms with Crippen molar-refractivity contribution in [3.8, 4) is 11.8 Å². The summed E-state index contributed by atoms with van der Waals surface area (Å²) in [4.78, 5) is 34.6. The zero-order valence-electron chi connectivity index (χ0n) is 11.5. The number of hydrogen-bond acceptors (Lipinski definition) is 4. The van der Waals surface area contributed by atoms with Gasteiger partial charge in [-0.1, -0.05) is 11.8 Å². The van der Waals surface area contributed by atoms with Crippen LogP contribution in [0.1, 0.15) is 15.9 Å². The molecule has 0 bridgehead atoms. The number of hydrogen-bond donors (Lipinski definition) is 3. The van der Waals surface area contributed by atoms with Gasteiger partial charge in [0.1, 0.15) is 0 Å². The van der Waals surface area contributed by atoms with Gasteiger partial charge in [-0.2, -0.15) is 0 Å². The van der Waals surface area contributed by atoms with Crippen LogP contribution in [0.15, 0.2) is 18.2 Å². The summed E-state index contributed by atoms with van der Waals surface area (Å²) in [6.07, 6.45) is 0. The molecule has 1 aromatic rings. The Morgan fingerprint density at radius 2 is 1.90 bits per heavy atom. The number of aliphatic carboxylic acids is 1. The van der Waals surface area contributed by atoms with E-state index in [1.807, 2.05) is 24.3 Å². The highest BCUT2D eigenvalue weighted by Gasteiger charge is 2.16. The number of rotatable bonds is 3. The molecule has 110 valence electrons. The third-order valence-corrected chi connectivity index (χ3v) is 2.32. The normalized spacial score (nSPS) is 9.67. The summed E-state index contributed by atoms with van der Waals surface area (Å²) in [7, 11) is 3.70. The maximum Gasteiger partial charge on any atom is 0.394 e. The Morgan fingerprint density at radius 3 is 2.43 bits per heavy atom. The van der Waals surface area contributed by atoms with Crippen LogP contribution >= 0.6 is 0 Å². The van der Waals surface area contributed by atoms with Crippen molar-refractivity contribution in [2.75, 3.05) is 26.0 Å². The minimum absolute atomic E-state index is 0.0898. The third-order valence-electron chi connectivity index (χ3n) is 2.32. The Labute approximate surface area is 121 Å². The molecule has 0 aliphatic carbocycles. The second-order valence-electron chi connectivity index (χ2n) is 4.36. The Hall–Kier alpha value is -2.85. The minimum Gasteiger partial charge on any atom is -0.478 e. The van der Waals surface area contributed by atoms with Crippen LogP contribution < -0.4 is 5.32 Å². The lowest BCUT2D eigenvalue weighted by Gasteiger charge is -2.07. The number of carbonyl (C=O) groups is 3. The fourth-order valence-corrected chi connectivity index (χ4v) is 1.38. The summed E-state index contributed by atoms with van der Waals surface area (Å²) in [5.41, 5.74) is 0.150. The van der Waals surface area contributed by atoms with Crippen molar-refractivity contribution in [2.24, 2.45) is 0 Å². The molecule has 0 saturated carbocycles. The van der Waals surface area contributed by atoms with Crippen molar-refractivity contribution < 1.29 is 24.6 Å². The molecule has 7 heteroatoms. The molecule has 0 spiro atoms. The largest absolute Gasteiger partial charge is 0.478 e. The molecular formula is C14H14N2O5. The van der Waals surface area contributed by atoms with E-state index in [1.54, 1.807) is 0 Å². The standard InChI is InChI=1S/C14H14N2O5/c1-16(2)7-3-4-9-5-6-11(10(8-9)13(18)19)15-12(17)14(20)21/h5-6,8H,7H2,1-2H3,(H,15,17)(H,18,19)(H,20,21). The maximum atomic E-state index is 11.2. The van der Waals surface area contributed by atoms with Crippen LogP contribution in [-0.4, -0.2) is 53.6 Å². The highest BCUT2D eigenvalue weighted by Crippen LogP contribution is 2.17. The van der Waals surface area contributed by atoms with Crippen molar-refractivity contribution >= 4 is 23.5 Å². The number of carbonyl (C=O) groups excluding carboxylic acids is 1. The van der Waals surface area contributed by atoms with E-state index in [2.05, 4.69) is 11.8 Å². The Kier molecular flexibility index (Phi) is 5.46. The Bertz CT molecular complexity index is 640. The minimum atomic E-state index is -1.69. The molecule has 0 fully saturated rings. The predicted octanol–water partition coefficient (Wildman–Crippen LogP) is 0.321. The van der Waals surface area contributed by atoms with E-state index in [0.717, 1.165) is 0 Å². The molecule has 0 heterocycles. The van der Waals surface area contributed by atoms with Gasteiger partial charge in [0, 0.05) is 5.56 Å². The maximum absolute atomic E-state index is 11.2. The summed E-state index contributed by atoms with van der Waals surface area (Å²) in [5.74, 6) is 1.36. The topological polar surface area (TPSA) is 107 Å². The molecule has 0 aliphatic heterocycles. The van der Waals surface area contributed by atoms with Crippen molar-refractivity contribution in [3.63, 3.8) is 0 Å². The molecule has 1 amide bonds. The lowest BCUT2D eigenvalue weighted by molar-refractivity contribution is -0.147. The first-order chi connectivity index (χ1) is 9.81. The van der Waals surface area contributed by atoms with E-state index in [-0.39, 0.29) is 11.3 Å². The summed E-state index contributed by atoms with van der Waals surface area (Å²) < 4.78 is 0. The molecule has 3 N–H and O–H groups in total. The monoisotopic (exact) mass is 290 g/mol. The van der Waals surface area contributed by atoms with Crippen LogP contribution in [0.2, 0.25) is 0 Å². The van der Waals surface area contributed by atoms with Gasteiger partial charge in [0.05, 0.1) is 17.8 Å². The number of benzene rings is 1. The van der Waals surface area contributed by atoms with Gasteiger partial charge in [-0.3, -0.25) is 9.69 Å². The third kappa shape index (κ3) is 4.97. The van der Waals surface area contributed by atoms with Crippen LogP contribution in [0.3, 0.4) is 0 Å². The zero-order chi connectivity index (χ0) is 16.0. The fraction of sp³-hybridized carbons (Fsp3) is 0.214. The van der Waals surface area contributed by atoms with Gasteiger partial charge < -0.3 is 15.5 Å². The van der Waals surface area contributed by atoms with Crippen LogP contribution in [-0.2, 0) is 9.59 Å². The molecule has 0 radical (unpaired) electrons. The number of carboxylic acid groups (broad SMARTS) is 2. The van der Waals surface area contributed by atoms with Gasteiger partial charge in [-0.05, 0) is 32.3 Å². The molecule has 0 saturated heterocycles. The highest BCUT2D eigenvalue weighted by molar-refractivity contribution is 6.36. The van der Waals surface area contributed by atoms with Crippen molar-refractivity contribution in [3.05, 3.63) is 29.3 Å². The van der Waals surface area contributed by atoms with E-state index < -0.39 is 17.8 Å². The molecule has 1 rings (SSSR count). The van der Waals surface area contributed by atoms with Crippen LogP contribution in [0.25, 0.3) is 0 Å². The zero-order valence-corrected chi connectivity index (χ0v) is 11.5. The van der Waals surface area contributed by atoms with Crippen molar-refractivity contribution in [2.45, 2.75) is 0 Å². The second-order valence-corrected chi connectivity index (χ2v) is 4.36. The average molecular weight is 290 g/mol. The van der Waals surface area contributed by atoms with Crippen LogP contribution in [0.5, 0.6) is 0 Å². The number of aromatic carboxylic acids is 1. The Balaban J connectivity index is 3.07. The van der Waals surface area contributed by atoms with Crippen molar-refractivity contribution in [1.29, 1.82) is 0 Å². The van der Waals surface area contributed by atoms with Gasteiger partial charge in [-0.25, -0.2) is 9.59 Å². The van der Waals surface area contributed by atoms with Gasteiger partial charge >= 0.3 is 17.8 Å². The summed E-state index contributed by atoms with van der Waals surface area (Å²) in [6, 6.07) is 4.10. The lowest BCUT2D eigenvalue weighted by Crippen LogP contribution is -2.23. The number of nitrogens with zero attached hydrogens (tertiary/aromatic N) is 1. The van der Waals surface area contributed by atoms with Gasteiger partial charge in [0.25, 0.3) is 0 Å². The molecule has 0 aliphatic rings. The van der Waals surface area contributed by atoms with Gasteiger partial charge in [-0.15, -0.1) is 0 Å². The van der Waals surface area contributed by atoms with Gasteiger partial charge in [0.2, 0.25) is 0 Å². The summed E-state index contributed by atoms with van der Waals surface area (Å²) in [6.45, 7) is 0.514. The molecule has 7 nitrogen and oxygen atoms in total. The molecule has 0 unspecified atom stereocenters. The molecule has 0 atom stereocenters. The molecule has 21 heavy (non-hydrogen) atoms. The van der Waals surface area contributed by atoms with Crippen molar-refractivity contribution in [1.82, 2.24) is 4.90 Å². The van der Waals surface area contributed by atoms with E-state index in [1.165, 1.54) is 18.2 Å². The predicted molar refractivity (Wildman–Crippen MR) is 75.1 cm³/mol. The number of nitrogens with one attached hydrogen (secondary N) is 1. The number of anilines is 1. The van der Waals surface area contributed by atoms with Gasteiger partial charge in [0.15, 0.2) is 0 Å². The molecule has 1 aromatic carbocycles. The molecule has 0 aromatic heterocycles. The summed E-state index contributed by atoms with van der Waals surface area (Å²) in [5, 5.41) is 19.6. The fourth-order valence-electron chi connectivity index (χ4n) is 1.38. The SMILES string of the molecule is CN(C)CC#Cc1ccc(NC(=O)C(=O)O)c(C(=O)O)c1. The second kappa shape index (κ2) is 7.07. The smallest absolute Gasteiger partial charge is 0.394 e. The first-order valence-corrected chi connectivity index (χ1v) is 5.86. The van der Waals surface area contributed by atoms with E-state index in [0.29, 0.717) is 12.1 Å². The van der Waals surface area contributed by atoms with Crippen LogP contribution in [0, 0.1) is 11.8 Å².